The lowest BCUT2D eigenvalue weighted by atomic mass is 11.3. The van der Waals surface area contributed by atoms with Crippen molar-refractivity contribution in [3.05, 3.63) is 7.11 Å². The monoisotopic (exact) mass is 91.0 g/mol. The zero-order valence-corrected chi connectivity index (χ0v) is 3.39. The Labute approximate surface area is 36.5 Å². The van der Waals surface area contributed by atoms with Gasteiger partial charge in [-0.1, -0.05) is 0 Å². The molecule has 0 aliphatic heterocycles. The molecule has 3 nitrogen and oxygen atoms in total. The molecule has 0 saturated carbocycles. The summed E-state index contributed by atoms with van der Waals surface area (Å²) in [5.41, 5.74) is 0. The second kappa shape index (κ2) is 4.88. The van der Waals surface area contributed by atoms with Gasteiger partial charge in [0.2, 0.25) is 0 Å². The zero-order valence-electron chi connectivity index (χ0n) is 3.39. The third-order valence-corrected chi connectivity index (χ3v) is 0.258. The maximum Gasteiger partial charge on any atom is 0.149 e. The van der Waals surface area contributed by atoms with Gasteiger partial charge in [0.05, 0.1) is 7.11 Å². The van der Waals surface area contributed by atoms with E-state index in [9.17, 15) is 0 Å². The fourth-order valence-corrected chi connectivity index (χ4v) is 0.0962. The Balaban J connectivity index is 2.34. The molecule has 0 aromatic rings. The minimum atomic E-state index is -0.310. The summed E-state index contributed by atoms with van der Waals surface area (Å²) in [5, 5.41) is 7.87. The van der Waals surface area contributed by atoms with Crippen LogP contribution in [-0.4, -0.2) is 18.7 Å². The Morgan fingerprint density at radius 3 is 2.50 bits per heavy atom. The molecule has 0 spiro atoms. The third kappa shape index (κ3) is 3.88. The molecule has 0 aliphatic carbocycles. The first-order valence-corrected chi connectivity index (χ1v) is 1.47. The van der Waals surface area contributed by atoms with Crippen molar-refractivity contribution in [3.8, 4) is 0 Å². The number of ether oxygens (including phenoxy) is 2. The van der Waals surface area contributed by atoms with Gasteiger partial charge in [0, 0.05) is 0 Å². The first kappa shape index (κ1) is 5.88. The van der Waals surface area contributed by atoms with Gasteiger partial charge in [-0.2, -0.15) is 0 Å². The van der Waals surface area contributed by atoms with Crippen LogP contribution in [0.2, 0.25) is 0 Å². The molecule has 0 aliphatic rings. The normalized spacial score (nSPS) is 9.00. The summed E-state index contributed by atoms with van der Waals surface area (Å²) in [6, 6.07) is 0. The van der Waals surface area contributed by atoms with Gasteiger partial charge < -0.3 is 14.6 Å². The molecule has 0 atom stereocenters. The van der Waals surface area contributed by atoms with E-state index in [4.69, 9.17) is 5.11 Å². The minimum absolute atomic E-state index is 0.0521. The molecule has 0 bridgehead atoms. The van der Waals surface area contributed by atoms with E-state index in [-0.39, 0.29) is 13.6 Å². The fourth-order valence-electron chi connectivity index (χ4n) is 0.0962. The van der Waals surface area contributed by atoms with Crippen LogP contribution < -0.4 is 0 Å². The summed E-state index contributed by atoms with van der Waals surface area (Å²) in [4.78, 5) is 0. The van der Waals surface area contributed by atoms with Crippen LogP contribution in [0.4, 0.5) is 0 Å². The van der Waals surface area contributed by atoms with Gasteiger partial charge in [0.25, 0.3) is 0 Å². The van der Waals surface area contributed by atoms with Gasteiger partial charge in [-0.25, -0.2) is 0 Å². The van der Waals surface area contributed by atoms with Crippen molar-refractivity contribution >= 4 is 0 Å². The van der Waals surface area contributed by atoms with Gasteiger partial charge >= 0.3 is 0 Å². The molecule has 0 aromatic heterocycles. The van der Waals surface area contributed by atoms with E-state index in [1.165, 1.54) is 0 Å². The van der Waals surface area contributed by atoms with Gasteiger partial charge in [0.15, 0.2) is 0 Å². The number of hydrogen-bond acceptors (Lipinski definition) is 3. The molecular weight excluding hydrogens is 84.0 g/mol. The quantitative estimate of drug-likeness (QED) is 0.383. The minimum Gasteiger partial charge on any atom is -0.371 e. The maximum absolute atomic E-state index is 7.87. The van der Waals surface area contributed by atoms with Crippen LogP contribution in [0.15, 0.2) is 0 Å². The van der Waals surface area contributed by atoms with E-state index in [0.29, 0.717) is 0 Å². The molecule has 6 heavy (non-hydrogen) atoms. The molecule has 0 saturated heterocycles. The molecule has 0 fully saturated rings. The standard InChI is InChI=1S/C3H7O3/c1-5-3-6-2-4/h4H,1-3H2. The molecule has 0 aromatic carbocycles. The van der Waals surface area contributed by atoms with E-state index in [1.807, 2.05) is 0 Å². The fraction of sp³-hybridized carbons (Fsp3) is 0.667. The van der Waals surface area contributed by atoms with Crippen molar-refractivity contribution in [2.24, 2.45) is 0 Å². The first-order valence-electron chi connectivity index (χ1n) is 1.47. The second-order valence-corrected chi connectivity index (χ2v) is 0.655. The number of aliphatic hydroxyl groups is 1. The lowest BCUT2D eigenvalue weighted by Crippen LogP contribution is -1.94. The summed E-state index contributed by atoms with van der Waals surface area (Å²) in [7, 11) is 2.99. The maximum atomic E-state index is 7.87. The van der Waals surface area contributed by atoms with Crippen molar-refractivity contribution < 1.29 is 14.6 Å². The highest BCUT2D eigenvalue weighted by atomic mass is 16.7. The predicted molar refractivity (Wildman–Crippen MR) is 19.5 cm³/mol. The molecule has 3 heteroatoms. The van der Waals surface area contributed by atoms with Crippen molar-refractivity contribution in [1.82, 2.24) is 0 Å². The van der Waals surface area contributed by atoms with Gasteiger partial charge in [-0.3, -0.25) is 0 Å². The molecular formula is C3H7O3. The van der Waals surface area contributed by atoms with Crippen LogP contribution in [0.5, 0.6) is 0 Å². The largest absolute Gasteiger partial charge is 0.371 e. The molecule has 0 heterocycles. The van der Waals surface area contributed by atoms with Crippen LogP contribution in [-0.2, 0) is 9.47 Å². The van der Waals surface area contributed by atoms with Gasteiger partial charge in [-0.15, -0.1) is 0 Å². The highest BCUT2D eigenvalue weighted by Gasteiger charge is 1.72. The number of rotatable bonds is 3. The lowest BCUT2D eigenvalue weighted by Gasteiger charge is -1.92. The highest BCUT2D eigenvalue weighted by Crippen LogP contribution is 1.68. The Hall–Kier alpha value is -0.120. The topological polar surface area (TPSA) is 38.7 Å². The Kier molecular flexibility index (Phi) is 4.78. The van der Waals surface area contributed by atoms with E-state index in [1.54, 1.807) is 0 Å². The van der Waals surface area contributed by atoms with E-state index in [0.717, 1.165) is 0 Å². The summed E-state index contributed by atoms with van der Waals surface area (Å²) < 4.78 is 8.40. The average Bonchev–Trinajstić information content (AvgIpc) is 1.61. The molecule has 0 unspecified atom stereocenters. The molecule has 37 valence electrons. The highest BCUT2D eigenvalue weighted by molar-refractivity contribution is 3.98. The van der Waals surface area contributed by atoms with Crippen molar-refractivity contribution in [2.45, 2.75) is 0 Å². The summed E-state index contributed by atoms with van der Waals surface area (Å²) in [6.07, 6.45) is 0. The predicted octanol–water partition coefficient (Wildman–Crippen LogP) is -0.282. The van der Waals surface area contributed by atoms with E-state index >= 15 is 0 Å². The molecule has 1 radical (unpaired) electrons. The van der Waals surface area contributed by atoms with Gasteiger partial charge in [0.1, 0.15) is 13.6 Å². The summed E-state index contributed by atoms with van der Waals surface area (Å²) >= 11 is 0. The van der Waals surface area contributed by atoms with Crippen LogP contribution in [0.3, 0.4) is 0 Å². The smallest absolute Gasteiger partial charge is 0.149 e. The Morgan fingerprint density at radius 2 is 2.33 bits per heavy atom. The van der Waals surface area contributed by atoms with Crippen molar-refractivity contribution in [3.63, 3.8) is 0 Å². The summed E-state index contributed by atoms with van der Waals surface area (Å²) in [6.45, 7) is -0.258. The van der Waals surface area contributed by atoms with Crippen molar-refractivity contribution in [1.29, 1.82) is 0 Å². The SMILES string of the molecule is [CH2]OCOCO. The lowest BCUT2D eigenvalue weighted by molar-refractivity contribution is -0.0833. The average molecular weight is 91.1 g/mol. The third-order valence-electron chi connectivity index (χ3n) is 0.258. The van der Waals surface area contributed by atoms with Crippen LogP contribution in [0.1, 0.15) is 0 Å². The van der Waals surface area contributed by atoms with E-state index in [2.05, 4.69) is 16.6 Å². The summed E-state index contributed by atoms with van der Waals surface area (Å²) in [5.74, 6) is 0. The molecule has 0 rings (SSSR count). The van der Waals surface area contributed by atoms with Crippen LogP contribution in [0, 0.1) is 7.11 Å². The Bertz CT molecular complexity index is 18.0. The van der Waals surface area contributed by atoms with Gasteiger partial charge in [-0.05, 0) is 0 Å². The van der Waals surface area contributed by atoms with Crippen LogP contribution in [0.25, 0.3) is 0 Å². The first-order chi connectivity index (χ1) is 2.91. The zero-order chi connectivity index (χ0) is 4.83. The molecule has 0 amide bonds. The number of aliphatic hydroxyl groups excluding tert-OH is 1. The van der Waals surface area contributed by atoms with Crippen molar-refractivity contribution in [2.75, 3.05) is 13.6 Å². The van der Waals surface area contributed by atoms with E-state index < -0.39 is 0 Å². The molecule has 1 N–H and O–H groups in total. The Morgan fingerprint density at radius 1 is 1.67 bits per heavy atom. The van der Waals surface area contributed by atoms with Crippen LogP contribution >= 0.6 is 0 Å². The number of hydrogen-bond donors (Lipinski definition) is 1. The second-order valence-electron chi connectivity index (χ2n) is 0.655.